The first-order valence-electron chi connectivity index (χ1n) is 6.14. The van der Waals surface area contributed by atoms with Crippen molar-refractivity contribution in [2.24, 2.45) is 0 Å². The van der Waals surface area contributed by atoms with Gasteiger partial charge in [-0.3, -0.25) is 9.78 Å². The van der Waals surface area contributed by atoms with Gasteiger partial charge in [-0.1, -0.05) is 12.1 Å². The highest BCUT2D eigenvalue weighted by molar-refractivity contribution is 9.10. The van der Waals surface area contributed by atoms with Crippen LogP contribution in [-0.4, -0.2) is 24.1 Å². The summed E-state index contributed by atoms with van der Waals surface area (Å²) in [5.74, 6) is -0.189. The molecule has 5 heteroatoms. The molecule has 0 fully saturated rings. The van der Waals surface area contributed by atoms with Gasteiger partial charge in [-0.05, 0) is 35.0 Å². The van der Waals surface area contributed by atoms with Crippen molar-refractivity contribution in [2.75, 3.05) is 18.5 Å². The number of carbonyl (C=O) groups is 1. The number of hydrogen-bond acceptors (Lipinski definition) is 4. The van der Waals surface area contributed by atoms with Gasteiger partial charge >= 0.3 is 5.97 Å². The fourth-order valence-electron chi connectivity index (χ4n) is 1.81. The first kappa shape index (κ1) is 13.8. The monoisotopic (exact) mass is 322 g/mol. The Morgan fingerprint density at radius 1 is 1.47 bits per heavy atom. The minimum Gasteiger partial charge on any atom is -0.466 e. The van der Waals surface area contributed by atoms with Gasteiger partial charge in [-0.2, -0.15) is 0 Å². The van der Waals surface area contributed by atoms with Crippen molar-refractivity contribution in [3.63, 3.8) is 0 Å². The second-order valence-electron chi connectivity index (χ2n) is 4.01. The number of hydrogen-bond donors (Lipinski definition) is 1. The van der Waals surface area contributed by atoms with E-state index >= 15 is 0 Å². The normalized spacial score (nSPS) is 10.4. The van der Waals surface area contributed by atoms with Crippen molar-refractivity contribution in [3.05, 3.63) is 34.9 Å². The fourth-order valence-corrected chi connectivity index (χ4v) is 2.16. The minimum atomic E-state index is -0.189. The summed E-state index contributed by atoms with van der Waals surface area (Å²) >= 11 is 3.40. The Morgan fingerprint density at radius 2 is 2.32 bits per heavy atom. The molecule has 0 saturated heterocycles. The maximum absolute atomic E-state index is 11.3. The largest absolute Gasteiger partial charge is 0.466 e. The van der Waals surface area contributed by atoms with E-state index in [1.165, 1.54) is 0 Å². The Morgan fingerprint density at radius 3 is 3.11 bits per heavy atom. The summed E-state index contributed by atoms with van der Waals surface area (Å²) in [4.78, 5) is 15.6. The number of aromatic nitrogens is 1. The summed E-state index contributed by atoms with van der Waals surface area (Å²) in [7, 11) is 0. The Labute approximate surface area is 120 Å². The van der Waals surface area contributed by atoms with Gasteiger partial charge < -0.3 is 10.1 Å². The number of para-hydroxylation sites is 1. The van der Waals surface area contributed by atoms with Crippen LogP contribution in [-0.2, 0) is 9.53 Å². The van der Waals surface area contributed by atoms with Crippen LogP contribution in [0.2, 0.25) is 0 Å². The van der Waals surface area contributed by atoms with E-state index in [1.807, 2.05) is 24.3 Å². The molecule has 0 spiro atoms. The van der Waals surface area contributed by atoms with Crippen LogP contribution in [0.15, 0.2) is 34.9 Å². The van der Waals surface area contributed by atoms with Crippen LogP contribution in [0.3, 0.4) is 0 Å². The molecule has 0 bridgehead atoms. The number of esters is 1. The van der Waals surface area contributed by atoms with Crippen LogP contribution in [0.25, 0.3) is 10.9 Å². The van der Waals surface area contributed by atoms with Crippen molar-refractivity contribution in [1.82, 2.24) is 4.98 Å². The molecule has 1 heterocycles. The predicted molar refractivity (Wildman–Crippen MR) is 79.2 cm³/mol. The van der Waals surface area contributed by atoms with E-state index in [9.17, 15) is 4.79 Å². The molecule has 1 aromatic heterocycles. The zero-order valence-electron chi connectivity index (χ0n) is 10.6. The summed E-state index contributed by atoms with van der Waals surface area (Å²) in [5.41, 5.74) is 1.82. The average Bonchev–Trinajstić information content (AvgIpc) is 2.39. The Kier molecular flexibility index (Phi) is 4.74. The number of nitrogens with zero attached hydrogens (tertiary/aromatic N) is 1. The summed E-state index contributed by atoms with van der Waals surface area (Å²) in [6.45, 7) is 2.76. The number of rotatable bonds is 5. The van der Waals surface area contributed by atoms with Gasteiger partial charge in [0.1, 0.15) is 0 Å². The van der Waals surface area contributed by atoms with Crippen LogP contribution in [0.5, 0.6) is 0 Å². The number of fused-ring (bicyclic) bond motifs is 1. The number of benzene rings is 1. The highest BCUT2D eigenvalue weighted by Gasteiger charge is 2.04. The lowest BCUT2D eigenvalue weighted by atomic mass is 10.2. The van der Waals surface area contributed by atoms with E-state index in [0.29, 0.717) is 19.6 Å². The molecule has 1 N–H and O–H groups in total. The molecule has 0 saturated carbocycles. The lowest BCUT2D eigenvalue weighted by Gasteiger charge is -2.09. The van der Waals surface area contributed by atoms with Crippen LogP contribution in [0.4, 0.5) is 5.69 Å². The number of nitrogens with one attached hydrogen (secondary N) is 1. The zero-order valence-corrected chi connectivity index (χ0v) is 12.2. The Hall–Kier alpha value is -1.62. The fraction of sp³-hybridized carbons (Fsp3) is 0.286. The second kappa shape index (κ2) is 6.52. The SMILES string of the molecule is CCOC(=O)CCNc1cccc2cc(Br)cnc12. The number of carbonyl (C=O) groups excluding carboxylic acids is 1. The third-order valence-electron chi connectivity index (χ3n) is 2.63. The van der Waals surface area contributed by atoms with Gasteiger partial charge in [0.25, 0.3) is 0 Å². The molecule has 4 nitrogen and oxygen atoms in total. The Bertz CT molecular complexity index is 587. The van der Waals surface area contributed by atoms with Crippen LogP contribution < -0.4 is 5.32 Å². The molecule has 0 atom stereocenters. The molecule has 0 aliphatic rings. The Balaban J connectivity index is 2.06. The summed E-state index contributed by atoms with van der Waals surface area (Å²) < 4.78 is 5.83. The molecule has 2 rings (SSSR count). The number of anilines is 1. The molecule has 0 aliphatic carbocycles. The first-order chi connectivity index (χ1) is 9.20. The average molecular weight is 323 g/mol. The van der Waals surface area contributed by atoms with Gasteiger partial charge in [0.05, 0.1) is 24.2 Å². The lowest BCUT2D eigenvalue weighted by molar-refractivity contribution is -0.142. The molecule has 100 valence electrons. The van der Waals surface area contributed by atoms with Gasteiger partial charge in [0, 0.05) is 22.6 Å². The van der Waals surface area contributed by atoms with Crippen molar-refractivity contribution in [3.8, 4) is 0 Å². The molecule has 0 aliphatic heterocycles. The minimum absolute atomic E-state index is 0.189. The molecule has 0 radical (unpaired) electrons. The molecule has 1 aromatic carbocycles. The highest BCUT2D eigenvalue weighted by Crippen LogP contribution is 2.23. The van der Waals surface area contributed by atoms with Crippen LogP contribution >= 0.6 is 15.9 Å². The molecule has 2 aromatic rings. The number of pyridine rings is 1. The molecule has 19 heavy (non-hydrogen) atoms. The lowest BCUT2D eigenvalue weighted by Crippen LogP contribution is -2.11. The van der Waals surface area contributed by atoms with Gasteiger partial charge in [0.2, 0.25) is 0 Å². The first-order valence-corrected chi connectivity index (χ1v) is 6.93. The maximum atomic E-state index is 11.3. The van der Waals surface area contributed by atoms with Gasteiger partial charge in [-0.15, -0.1) is 0 Å². The van der Waals surface area contributed by atoms with E-state index in [0.717, 1.165) is 21.1 Å². The smallest absolute Gasteiger partial charge is 0.307 e. The van der Waals surface area contributed by atoms with Crippen molar-refractivity contribution >= 4 is 38.5 Å². The van der Waals surface area contributed by atoms with E-state index < -0.39 is 0 Å². The van der Waals surface area contributed by atoms with E-state index in [2.05, 4.69) is 26.2 Å². The quantitative estimate of drug-likeness (QED) is 0.857. The van der Waals surface area contributed by atoms with E-state index in [1.54, 1.807) is 13.1 Å². The van der Waals surface area contributed by atoms with Gasteiger partial charge in [0.15, 0.2) is 0 Å². The van der Waals surface area contributed by atoms with E-state index in [-0.39, 0.29) is 5.97 Å². The maximum Gasteiger partial charge on any atom is 0.307 e. The molecular formula is C14H15BrN2O2. The van der Waals surface area contributed by atoms with Gasteiger partial charge in [-0.25, -0.2) is 0 Å². The predicted octanol–water partition coefficient (Wildman–Crippen LogP) is 3.36. The third-order valence-corrected chi connectivity index (χ3v) is 3.06. The summed E-state index contributed by atoms with van der Waals surface area (Å²) in [6, 6.07) is 7.93. The topological polar surface area (TPSA) is 51.2 Å². The third kappa shape index (κ3) is 3.67. The van der Waals surface area contributed by atoms with Crippen LogP contribution in [0.1, 0.15) is 13.3 Å². The summed E-state index contributed by atoms with van der Waals surface area (Å²) in [6.07, 6.45) is 2.11. The van der Waals surface area contributed by atoms with Crippen LogP contribution in [0, 0.1) is 0 Å². The van der Waals surface area contributed by atoms with Crippen molar-refractivity contribution in [2.45, 2.75) is 13.3 Å². The molecule has 0 amide bonds. The highest BCUT2D eigenvalue weighted by atomic mass is 79.9. The standard InChI is InChI=1S/C14H15BrN2O2/c1-2-19-13(18)6-7-16-12-5-3-4-10-8-11(15)9-17-14(10)12/h3-5,8-9,16H,2,6-7H2,1H3. The van der Waals surface area contributed by atoms with E-state index in [4.69, 9.17) is 4.74 Å². The molecule has 0 unspecified atom stereocenters. The van der Waals surface area contributed by atoms with Crippen molar-refractivity contribution < 1.29 is 9.53 Å². The molecular weight excluding hydrogens is 308 g/mol. The number of ether oxygens (including phenoxy) is 1. The summed E-state index contributed by atoms with van der Waals surface area (Å²) in [5, 5.41) is 4.27. The number of halogens is 1. The van der Waals surface area contributed by atoms with Crippen molar-refractivity contribution in [1.29, 1.82) is 0 Å². The zero-order chi connectivity index (χ0) is 13.7. The second-order valence-corrected chi connectivity index (χ2v) is 4.93.